The summed E-state index contributed by atoms with van der Waals surface area (Å²) in [6.07, 6.45) is 7.59. The number of pyridine rings is 1. The average Bonchev–Trinajstić information content (AvgIpc) is 4.17. The minimum Gasteiger partial charge on any atom is -0.374 e. The summed E-state index contributed by atoms with van der Waals surface area (Å²) >= 11 is 0. The molecular formula is C44H52F4N14O5. The van der Waals surface area contributed by atoms with Gasteiger partial charge in [-0.3, -0.25) is 43.3 Å². The lowest BCUT2D eigenvalue weighted by molar-refractivity contribution is -0.135. The number of imide groups is 1. The third-order valence-corrected chi connectivity index (χ3v) is 14.9. The van der Waals surface area contributed by atoms with Crippen molar-refractivity contribution in [1.82, 2.24) is 53.6 Å². The van der Waals surface area contributed by atoms with E-state index in [1.165, 1.54) is 30.7 Å². The molecule has 23 heteroatoms. The van der Waals surface area contributed by atoms with Gasteiger partial charge in [-0.1, -0.05) is 0 Å². The molecule has 1 aliphatic carbocycles. The molecule has 0 radical (unpaired) electrons. The van der Waals surface area contributed by atoms with Crippen LogP contribution in [0.4, 0.5) is 34.9 Å². The molecule has 2 bridgehead atoms. The lowest BCUT2D eigenvalue weighted by Gasteiger charge is -2.47. The number of fused-ring (bicyclic) bond motifs is 4. The number of carbonyl (C=O) groups is 3. The maximum Gasteiger partial charge on any atom is 0.329 e. The Hall–Kier alpha value is -5.94. The van der Waals surface area contributed by atoms with Crippen molar-refractivity contribution < 1.29 is 36.7 Å². The summed E-state index contributed by atoms with van der Waals surface area (Å²) in [5.41, 5.74) is 0.512. The quantitative estimate of drug-likeness (QED) is 0.154. The lowest BCUT2D eigenvalue weighted by atomic mass is 9.85. The summed E-state index contributed by atoms with van der Waals surface area (Å²) in [4.78, 5) is 68.7. The summed E-state index contributed by atoms with van der Waals surface area (Å²) in [6.45, 7) is 3.61. The monoisotopic (exact) mass is 932 g/mol. The Morgan fingerprint density at radius 3 is 2.54 bits per heavy atom. The van der Waals surface area contributed by atoms with Crippen LogP contribution in [0.25, 0.3) is 16.7 Å². The maximum atomic E-state index is 16.1. The lowest BCUT2D eigenvalue weighted by Crippen LogP contribution is -2.62. The van der Waals surface area contributed by atoms with Crippen LogP contribution >= 0.6 is 0 Å². The van der Waals surface area contributed by atoms with E-state index in [-0.39, 0.29) is 60.6 Å². The Balaban J connectivity index is 0.684. The molecule has 6 fully saturated rings. The number of piperazine rings is 1. The molecule has 0 spiro atoms. The van der Waals surface area contributed by atoms with E-state index in [2.05, 4.69) is 30.7 Å². The number of morpholine rings is 1. The van der Waals surface area contributed by atoms with Crippen molar-refractivity contribution in [3.63, 3.8) is 0 Å². The summed E-state index contributed by atoms with van der Waals surface area (Å²) < 4.78 is 72.4. The molecule has 5 saturated heterocycles. The van der Waals surface area contributed by atoms with Crippen molar-refractivity contribution in [2.75, 3.05) is 74.1 Å². The van der Waals surface area contributed by atoms with Crippen molar-refractivity contribution in [3.05, 3.63) is 58.7 Å². The van der Waals surface area contributed by atoms with E-state index in [9.17, 15) is 28.0 Å². The fourth-order valence-corrected chi connectivity index (χ4v) is 11.5. The number of alkyl halides is 4. The van der Waals surface area contributed by atoms with Gasteiger partial charge in [0.15, 0.2) is 17.2 Å². The van der Waals surface area contributed by atoms with Gasteiger partial charge in [-0.05, 0) is 63.0 Å². The minimum absolute atomic E-state index is 0.0825. The summed E-state index contributed by atoms with van der Waals surface area (Å²) in [7, 11) is 1.62. The van der Waals surface area contributed by atoms with E-state index in [0.29, 0.717) is 113 Å². The molecular weight excluding hydrogens is 881 g/mol. The molecule has 10 heterocycles. The molecule has 6 aliphatic rings. The van der Waals surface area contributed by atoms with Gasteiger partial charge in [0.2, 0.25) is 11.8 Å². The number of hydrogen-bond donors (Lipinski definition) is 2. The Morgan fingerprint density at radius 1 is 1.01 bits per heavy atom. The predicted molar refractivity (Wildman–Crippen MR) is 235 cm³/mol. The number of nitrogens with zero attached hydrogens (tertiary/aromatic N) is 12. The Labute approximate surface area is 381 Å². The Morgan fingerprint density at radius 2 is 1.82 bits per heavy atom. The smallest absolute Gasteiger partial charge is 0.329 e. The van der Waals surface area contributed by atoms with Gasteiger partial charge >= 0.3 is 5.69 Å². The maximum absolute atomic E-state index is 16.1. The molecule has 4 atom stereocenters. The van der Waals surface area contributed by atoms with E-state index in [1.54, 1.807) is 25.5 Å². The van der Waals surface area contributed by atoms with Gasteiger partial charge in [-0.15, -0.1) is 0 Å². The van der Waals surface area contributed by atoms with Crippen molar-refractivity contribution in [2.24, 2.45) is 13.0 Å². The second-order valence-corrected chi connectivity index (χ2v) is 19.0. The normalized spacial score (nSPS) is 27.2. The standard InChI is InChI=1S/C44H52F4N14O5/c1-55-37-31(62(43(55)66)32-6-7-35(63)53-42(32)65)8-11-49-40(37)58-16-14-57(15-17-58)33-9-12-56(24-44(33,47)48)20-25-2-4-26(5-3-25)61-22-30(36(54-61)38(45)46)51-41(64)29-19-50-60-13-10-34(52-39(29)60)59-21-28-18-27(59)23-67-28/h8,10-11,13,19,22,25-28,32-33,38H,2-7,9,12,14-18,20-21,23-24H2,1H3,(H,51,64)(H,53,63,65)/t25-,26-,27-,28-,32?,33-/m1/s1. The van der Waals surface area contributed by atoms with E-state index >= 15 is 8.78 Å². The summed E-state index contributed by atoms with van der Waals surface area (Å²) in [5, 5.41) is 13.5. The molecule has 5 aromatic rings. The van der Waals surface area contributed by atoms with Gasteiger partial charge in [-0.2, -0.15) is 10.2 Å². The van der Waals surface area contributed by atoms with Crippen LogP contribution in [-0.2, 0) is 21.4 Å². The van der Waals surface area contributed by atoms with Crippen molar-refractivity contribution in [3.8, 4) is 0 Å². The average molecular weight is 933 g/mol. The third-order valence-electron chi connectivity index (χ3n) is 14.9. The number of rotatable bonds is 10. The number of nitrogens with one attached hydrogen (secondary N) is 2. The number of amides is 3. The number of likely N-dealkylation sites (tertiary alicyclic amines) is 1. The zero-order valence-corrected chi connectivity index (χ0v) is 36.9. The molecule has 2 N–H and O–H groups in total. The van der Waals surface area contributed by atoms with Crippen molar-refractivity contribution in [1.29, 1.82) is 0 Å². The molecule has 3 amide bonds. The van der Waals surface area contributed by atoms with Crippen LogP contribution in [0.3, 0.4) is 0 Å². The molecule has 11 rings (SSSR count). The van der Waals surface area contributed by atoms with Crippen LogP contribution in [0.1, 0.15) is 85.9 Å². The Bertz CT molecular complexity index is 2790. The van der Waals surface area contributed by atoms with Gasteiger partial charge in [-0.25, -0.2) is 36.8 Å². The molecule has 1 unspecified atom stereocenters. The number of anilines is 3. The minimum atomic E-state index is -2.95. The first kappa shape index (κ1) is 43.6. The highest BCUT2D eigenvalue weighted by Gasteiger charge is 2.48. The van der Waals surface area contributed by atoms with E-state index < -0.39 is 47.6 Å². The van der Waals surface area contributed by atoms with E-state index in [4.69, 9.17) is 9.72 Å². The molecule has 0 aromatic carbocycles. The van der Waals surface area contributed by atoms with Crippen LogP contribution in [-0.4, -0.2) is 149 Å². The zero-order chi connectivity index (χ0) is 46.3. The second-order valence-electron chi connectivity index (χ2n) is 19.0. The van der Waals surface area contributed by atoms with E-state index in [0.717, 1.165) is 6.42 Å². The highest BCUT2D eigenvalue weighted by atomic mass is 19.3. The first-order chi connectivity index (χ1) is 32.3. The molecule has 67 heavy (non-hydrogen) atoms. The molecule has 1 saturated carbocycles. The van der Waals surface area contributed by atoms with Gasteiger partial charge in [0.1, 0.15) is 22.9 Å². The number of halogens is 4. The SMILES string of the molecule is Cn1c(=O)n(C2CCC(=O)NC2=O)c2ccnc(N3CCN([C@@H]4CCN(C[C@H]5CC[C@H](n6cc(NC(=O)c7cnn8ccc(N9C[C@H]%10C[C@@H]9CO%10)nc78)c(C(F)F)n6)CC5)CC4(F)F)CC3)c21. The molecule has 5 aromatic heterocycles. The van der Waals surface area contributed by atoms with Crippen LogP contribution in [0.2, 0.25) is 0 Å². The highest BCUT2D eigenvalue weighted by molar-refractivity contribution is 6.08. The largest absolute Gasteiger partial charge is 0.374 e. The number of aromatic nitrogens is 8. The van der Waals surface area contributed by atoms with Crippen LogP contribution < -0.4 is 26.1 Å². The number of aryl methyl sites for hydroxylation is 1. The number of hydrogen-bond acceptors (Lipinski definition) is 13. The van der Waals surface area contributed by atoms with Crippen LogP contribution in [0.5, 0.6) is 0 Å². The van der Waals surface area contributed by atoms with Crippen LogP contribution in [0.15, 0.2) is 41.7 Å². The highest BCUT2D eigenvalue weighted by Crippen LogP contribution is 2.39. The van der Waals surface area contributed by atoms with Crippen LogP contribution in [0, 0.1) is 5.92 Å². The van der Waals surface area contributed by atoms with Gasteiger partial charge in [0, 0.05) is 77.9 Å². The number of ether oxygens (including phenoxy) is 1. The van der Waals surface area contributed by atoms with Crippen molar-refractivity contribution >= 4 is 51.7 Å². The third kappa shape index (κ3) is 7.90. The molecule has 356 valence electrons. The van der Waals surface area contributed by atoms with Gasteiger partial charge < -0.3 is 19.9 Å². The topological polar surface area (TPSA) is 185 Å². The van der Waals surface area contributed by atoms with Crippen molar-refractivity contribution in [2.45, 2.75) is 94.0 Å². The second kappa shape index (κ2) is 17.0. The molecule has 19 nitrogen and oxygen atoms in total. The van der Waals surface area contributed by atoms with Gasteiger partial charge in [0.05, 0.1) is 54.8 Å². The first-order valence-corrected chi connectivity index (χ1v) is 23.2. The summed E-state index contributed by atoms with van der Waals surface area (Å²) in [5.74, 6) is -3.08. The number of imidazole rings is 1. The Kier molecular flexibility index (Phi) is 11.1. The zero-order valence-electron chi connectivity index (χ0n) is 36.9. The first-order valence-electron chi connectivity index (χ1n) is 23.2. The molecule has 5 aliphatic heterocycles. The summed E-state index contributed by atoms with van der Waals surface area (Å²) in [6, 6.07) is 1.77. The fraction of sp³-hybridized carbons (Fsp3) is 0.591. The van der Waals surface area contributed by atoms with E-state index in [1.807, 2.05) is 20.8 Å². The van der Waals surface area contributed by atoms with Gasteiger partial charge in [0.25, 0.3) is 18.3 Å². The number of carbonyl (C=O) groups excluding carboxylic acids is 3. The predicted octanol–water partition coefficient (Wildman–Crippen LogP) is 3.38. The fourth-order valence-electron chi connectivity index (χ4n) is 11.5. The number of piperidine rings is 2.